The normalized spacial score (nSPS) is 10.9. The van der Waals surface area contributed by atoms with Crippen LogP contribution in [0.1, 0.15) is 0 Å². The van der Waals surface area contributed by atoms with E-state index in [1.165, 1.54) is 0 Å². The molecule has 0 rings (SSSR count). The largest absolute Gasteiger partial charge is 0.673 e. The standard InChI is InChI=1S/CH3I.3BF4/c1-2;3*2-1(3,4)5/h1H3;;;/q;3*-1. The highest BCUT2D eigenvalue weighted by molar-refractivity contribution is 14.1. The lowest BCUT2D eigenvalue weighted by Gasteiger charge is -1.94. The van der Waals surface area contributed by atoms with E-state index >= 15 is 0 Å². The van der Waals surface area contributed by atoms with E-state index in [4.69, 9.17) is 0 Å². The third-order valence-corrected chi connectivity index (χ3v) is 0. The fourth-order valence-electron chi connectivity index (χ4n) is 0. The molecular formula is CH3B3F12I-3. The van der Waals surface area contributed by atoms with Gasteiger partial charge in [-0.15, -0.1) is 0 Å². The van der Waals surface area contributed by atoms with Gasteiger partial charge in [-0.25, -0.2) is 0 Å². The van der Waals surface area contributed by atoms with Crippen LogP contribution in [0.3, 0.4) is 0 Å². The van der Waals surface area contributed by atoms with E-state index in [1.807, 2.05) is 4.93 Å². The highest BCUT2D eigenvalue weighted by Gasteiger charge is 2.21. The maximum Gasteiger partial charge on any atom is 0.673 e. The second-order valence-corrected chi connectivity index (χ2v) is 1.48. The van der Waals surface area contributed by atoms with Crippen LogP contribution in [0.25, 0.3) is 0 Å². The van der Waals surface area contributed by atoms with Gasteiger partial charge in [0.15, 0.2) is 0 Å². The third kappa shape index (κ3) is 444000. The van der Waals surface area contributed by atoms with Crippen molar-refractivity contribution in [1.82, 2.24) is 0 Å². The zero-order valence-electron chi connectivity index (χ0n) is 7.65. The van der Waals surface area contributed by atoms with E-state index in [2.05, 4.69) is 22.6 Å². The molecule has 0 aromatic heterocycles. The molecule has 0 heterocycles. The molecule has 0 fully saturated rings. The molecular weight excluding hydrogens is 399 g/mol. The average molecular weight is 402 g/mol. The lowest BCUT2D eigenvalue weighted by atomic mass is 10.3. The molecule has 0 aromatic carbocycles. The summed E-state index contributed by atoms with van der Waals surface area (Å²) in [6.07, 6.45) is 0. The number of hydrogen-bond donors (Lipinski definition) is 0. The van der Waals surface area contributed by atoms with Crippen molar-refractivity contribution in [3.63, 3.8) is 0 Å². The van der Waals surface area contributed by atoms with Crippen molar-refractivity contribution < 1.29 is 51.8 Å². The predicted molar refractivity (Wildman–Crippen MR) is 50.5 cm³/mol. The summed E-state index contributed by atoms with van der Waals surface area (Å²) < 4.78 is 117. The molecule has 0 unspecified atom stereocenters. The van der Waals surface area contributed by atoms with Crippen LogP contribution in [-0.4, -0.2) is 26.7 Å². The van der Waals surface area contributed by atoms with Crippen LogP contribution >= 0.6 is 22.6 Å². The predicted octanol–water partition coefficient (Wildman–Crippen LogP) is 4.95. The fourth-order valence-corrected chi connectivity index (χ4v) is 0. The van der Waals surface area contributed by atoms with Crippen LogP contribution in [-0.2, 0) is 0 Å². The molecule has 0 radical (unpaired) electrons. The van der Waals surface area contributed by atoms with Crippen LogP contribution in [0.15, 0.2) is 0 Å². The maximum absolute atomic E-state index is 9.75. The summed E-state index contributed by atoms with van der Waals surface area (Å²) in [7, 11) is -18.0. The smallest absolute Gasteiger partial charge is 0.418 e. The van der Waals surface area contributed by atoms with E-state index in [0.717, 1.165) is 0 Å². The Bertz CT molecular complexity index is 96.8. The lowest BCUT2D eigenvalue weighted by Crippen LogP contribution is -2.02. The van der Waals surface area contributed by atoms with Gasteiger partial charge in [-0.1, -0.05) is 22.6 Å². The van der Waals surface area contributed by atoms with Crippen molar-refractivity contribution in [2.75, 3.05) is 4.93 Å². The maximum atomic E-state index is 9.75. The van der Waals surface area contributed by atoms with E-state index in [0.29, 0.717) is 0 Å². The molecule has 16 heteroatoms. The molecule has 17 heavy (non-hydrogen) atoms. The summed E-state index contributed by atoms with van der Waals surface area (Å²) in [5.74, 6) is 0. The molecule has 0 aliphatic heterocycles. The Kier molecular flexibility index (Phi) is 17.0. The molecule has 0 amide bonds. The van der Waals surface area contributed by atoms with Gasteiger partial charge >= 0.3 is 21.8 Å². The van der Waals surface area contributed by atoms with Crippen molar-refractivity contribution in [3.8, 4) is 0 Å². The number of hydrogen-bond acceptors (Lipinski definition) is 0. The summed E-state index contributed by atoms with van der Waals surface area (Å²) in [6, 6.07) is 0. The Balaban J connectivity index is -0.0000000693. The quantitative estimate of drug-likeness (QED) is 0.233. The van der Waals surface area contributed by atoms with Gasteiger partial charge in [0.25, 0.3) is 0 Å². The molecule has 0 aromatic rings. The van der Waals surface area contributed by atoms with Gasteiger partial charge in [-0.05, 0) is 4.93 Å². The minimum atomic E-state index is -6.00. The van der Waals surface area contributed by atoms with Crippen LogP contribution in [0.5, 0.6) is 0 Å². The topological polar surface area (TPSA) is 0 Å². The second kappa shape index (κ2) is 11.2. The monoisotopic (exact) mass is 403 g/mol. The zero-order valence-corrected chi connectivity index (χ0v) is 9.80. The van der Waals surface area contributed by atoms with Crippen LogP contribution < -0.4 is 0 Å². The first-order valence-corrected chi connectivity index (χ1v) is 5.15. The summed E-state index contributed by atoms with van der Waals surface area (Å²) in [6.45, 7) is 0. The Morgan fingerprint density at radius 3 is 0.412 bits per heavy atom. The Hall–Kier alpha value is 0.0848. The third-order valence-electron chi connectivity index (χ3n) is 0. The molecule has 0 atom stereocenters. The van der Waals surface area contributed by atoms with Gasteiger partial charge in [-0.2, -0.15) is 0 Å². The molecule has 0 bridgehead atoms. The highest BCUT2D eigenvalue weighted by atomic mass is 127. The van der Waals surface area contributed by atoms with E-state index in [1.54, 1.807) is 0 Å². The minimum absolute atomic E-state index is 1.97. The first-order valence-electron chi connectivity index (χ1n) is 3.00. The Morgan fingerprint density at radius 1 is 0.412 bits per heavy atom. The van der Waals surface area contributed by atoms with Gasteiger partial charge in [-0.3, -0.25) is 0 Å². The lowest BCUT2D eigenvalue weighted by molar-refractivity contribution is 0.366. The van der Waals surface area contributed by atoms with Crippen LogP contribution in [0, 0.1) is 0 Å². The summed E-state index contributed by atoms with van der Waals surface area (Å²) in [5, 5.41) is 0. The van der Waals surface area contributed by atoms with Crippen molar-refractivity contribution in [3.05, 3.63) is 0 Å². The highest BCUT2D eigenvalue weighted by Crippen LogP contribution is 2.07. The van der Waals surface area contributed by atoms with E-state index in [9.17, 15) is 51.8 Å². The Labute approximate surface area is 102 Å². The summed E-state index contributed by atoms with van der Waals surface area (Å²) >= 11 is 2.15. The Morgan fingerprint density at radius 2 is 0.412 bits per heavy atom. The van der Waals surface area contributed by atoms with Crippen molar-refractivity contribution >= 4 is 44.4 Å². The number of rotatable bonds is 0. The molecule has 0 saturated heterocycles. The molecule has 110 valence electrons. The first kappa shape index (κ1) is 25.8. The van der Waals surface area contributed by atoms with Crippen molar-refractivity contribution in [2.24, 2.45) is 0 Å². The van der Waals surface area contributed by atoms with Crippen LogP contribution in [0.2, 0.25) is 0 Å². The number of alkyl halides is 1. The van der Waals surface area contributed by atoms with Gasteiger partial charge in [0, 0.05) is 0 Å². The average Bonchev–Trinajstić information content (AvgIpc) is 1.77. The van der Waals surface area contributed by atoms with Gasteiger partial charge in [0.05, 0.1) is 0 Å². The van der Waals surface area contributed by atoms with E-state index < -0.39 is 21.8 Å². The van der Waals surface area contributed by atoms with Gasteiger partial charge in [0.1, 0.15) is 0 Å². The molecule has 0 nitrogen and oxygen atoms in total. The fraction of sp³-hybridized carbons (Fsp3) is 1.00. The second-order valence-electron chi connectivity index (χ2n) is 1.48. The summed E-state index contributed by atoms with van der Waals surface area (Å²) in [5.41, 5.74) is 0. The first-order chi connectivity index (χ1) is 7.00. The molecule has 0 N–H and O–H groups in total. The minimum Gasteiger partial charge on any atom is -0.418 e. The van der Waals surface area contributed by atoms with E-state index in [-0.39, 0.29) is 0 Å². The van der Waals surface area contributed by atoms with Crippen LogP contribution in [0.4, 0.5) is 51.8 Å². The SMILES string of the molecule is CI.F[B-](F)(F)F.F[B-](F)(F)F.F[B-](F)(F)F. The molecule has 0 aliphatic carbocycles. The van der Waals surface area contributed by atoms with Gasteiger partial charge in [0.2, 0.25) is 0 Å². The zero-order chi connectivity index (χ0) is 15.5. The molecule has 0 saturated carbocycles. The summed E-state index contributed by atoms with van der Waals surface area (Å²) in [4.78, 5) is 1.97. The number of halogens is 13. The molecule has 0 aliphatic rings. The van der Waals surface area contributed by atoms with Crippen molar-refractivity contribution in [1.29, 1.82) is 0 Å². The van der Waals surface area contributed by atoms with Crippen molar-refractivity contribution in [2.45, 2.75) is 0 Å². The van der Waals surface area contributed by atoms with Gasteiger partial charge < -0.3 is 51.8 Å². The molecule has 0 spiro atoms.